The lowest BCUT2D eigenvalue weighted by atomic mass is 10.2. The average Bonchev–Trinajstić information content (AvgIpc) is 3.08. The molecule has 0 saturated heterocycles. The Morgan fingerprint density at radius 2 is 2.00 bits per heavy atom. The van der Waals surface area contributed by atoms with E-state index in [0.717, 1.165) is 10.0 Å². The summed E-state index contributed by atoms with van der Waals surface area (Å²) < 4.78 is 4.69. The number of carbonyl (C=O) groups is 1. The first-order valence-electron chi connectivity index (χ1n) is 7.05. The molecule has 130 valence electrons. The fourth-order valence-corrected chi connectivity index (χ4v) is 3.34. The third kappa shape index (κ3) is 4.84. The van der Waals surface area contributed by atoms with Crippen LogP contribution in [-0.2, 0) is 17.9 Å². The number of carbonyl (C=O) groups excluding carboxylic acids is 1. The molecule has 0 spiro atoms. The number of aromatic nitrogens is 4. The second-order valence-corrected chi connectivity index (χ2v) is 7.78. The van der Waals surface area contributed by atoms with Crippen molar-refractivity contribution in [1.29, 1.82) is 0 Å². The van der Waals surface area contributed by atoms with Crippen molar-refractivity contribution < 1.29 is 4.79 Å². The van der Waals surface area contributed by atoms with Gasteiger partial charge in [0.2, 0.25) is 5.91 Å². The molecule has 25 heavy (non-hydrogen) atoms. The topological polar surface area (TPSA) is 64.7 Å². The van der Waals surface area contributed by atoms with Crippen molar-refractivity contribution in [2.45, 2.75) is 13.1 Å². The number of rotatable bonds is 5. The first-order chi connectivity index (χ1) is 11.9. The van der Waals surface area contributed by atoms with E-state index in [2.05, 4.69) is 47.4 Å². The normalized spacial score (nSPS) is 10.9. The number of hydrogen-bond donors (Lipinski definition) is 1. The molecular weight excluding hydrogens is 497 g/mol. The summed E-state index contributed by atoms with van der Waals surface area (Å²) in [5.41, 5.74) is 0.875. The van der Waals surface area contributed by atoms with Gasteiger partial charge in [-0.1, -0.05) is 29.3 Å². The van der Waals surface area contributed by atoms with Crippen LogP contribution in [0.4, 0.5) is 5.82 Å². The Morgan fingerprint density at radius 1 is 1.20 bits per heavy atom. The fourth-order valence-electron chi connectivity index (χ4n) is 2.13. The summed E-state index contributed by atoms with van der Waals surface area (Å²) in [5, 5.41) is 12.3. The maximum atomic E-state index is 12.1. The summed E-state index contributed by atoms with van der Waals surface area (Å²) >= 11 is 18.8. The Labute approximate surface area is 170 Å². The standard InChI is InChI=1S/C15H11Br2Cl2N5O/c16-10-4-20-23(6-10)8-14(25)21-15-12(17)7-24(22-15)5-9-1-2-11(18)3-13(9)19/h1-4,6-7H,5,8H2,(H,21,22,25). The van der Waals surface area contributed by atoms with Crippen LogP contribution in [0.3, 0.4) is 0 Å². The molecule has 0 bridgehead atoms. The van der Waals surface area contributed by atoms with Gasteiger partial charge in [0.15, 0.2) is 5.82 Å². The molecule has 1 amide bonds. The summed E-state index contributed by atoms with van der Waals surface area (Å²) in [6, 6.07) is 5.29. The minimum atomic E-state index is -0.230. The van der Waals surface area contributed by atoms with Crippen LogP contribution in [0.1, 0.15) is 5.56 Å². The number of halogens is 4. The maximum Gasteiger partial charge on any atom is 0.247 e. The van der Waals surface area contributed by atoms with E-state index in [9.17, 15) is 4.79 Å². The highest BCUT2D eigenvalue weighted by Gasteiger charge is 2.12. The Balaban J connectivity index is 1.68. The summed E-state index contributed by atoms with van der Waals surface area (Å²) in [7, 11) is 0. The Bertz CT molecular complexity index is 925. The molecule has 2 aromatic heterocycles. The molecule has 0 saturated carbocycles. The van der Waals surface area contributed by atoms with Crippen LogP contribution < -0.4 is 5.32 Å². The van der Waals surface area contributed by atoms with E-state index in [1.807, 2.05) is 6.07 Å². The van der Waals surface area contributed by atoms with Gasteiger partial charge >= 0.3 is 0 Å². The maximum absolute atomic E-state index is 12.1. The zero-order valence-electron chi connectivity index (χ0n) is 12.6. The molecular formula is C15H11Br2Cl2N5O. The monoisotopic (exact) mass is 505 g/mol. The lowest BCUT2D eigenvalue weighted by molar-refractivity contribution is -0.116. The van der Waals surface area contributed by atoms with Gasteiger partial charge in [0.1, 0.15) is 6.54 Å². The molecule has 0 aliphatic heterocycles. The molecule has 2 heterocycles. The molecule has 0 fully saturated rings. The highest BCUT2D eigenvalue weighted by Crippen LogP contribution is 2.24. The van der Waals surface area contributed by atoms with Gasteiger partial charge in [-0.25, -0.2) is 0 Å². The fraction of sp³-hybridized carbons (Fsp3) is 0.133. The largest absolute Gasteiger partial charge is 0.307 e. The molecule has 6 nitrogen and oxygen atoms in total. The van der Waals surface area contributed by atoms with Gasteiger partial charge in [-0.05, 0) is 49.6 Å². The predicted octanol–water partition coefficient (Wildman–Crippen LogP) is 4.60. The lowest BCUT2D eigenvalue weighted by Gasteiger charge is -2.05. The number of hydrogen-bond acceptors (Lipinski definition) is 3. The lowest BCUT2D eigenvalue weighted by Crippen LogP contribution is -2.19. The van der Waals surface area contributed by atoms with E-state index in [1.165, 1.54) is 4.68 Å². The Morgan fingerprint density at radius 3 is 2.68 bits per heavy atom. The van der Waals surface area contributed by atoms with Gasteiger partial charge in [-0.15, -0.1) is 0 Å². The van der Waals surface area contributed by atoms with Crippen molar-refractivity contribution in [3.05, 3.63) is 61.3 Å². The van der Waals surface area contributed by atoms with Crippen molar-refractivity contribution in [2.24, 2.45) is 0 Å². The van der Waals surface area contributed by atoms with E-state index >= 15 is 0 Å². The third-order valence-electron chi connectivity index (χ3n) is 3.23. The molecule has 1 aromatic carbocycles. The van der Waals surface area contributed by atoms with E-state index in [-0.39, 0.29) is 12.5 Å². The van der Waals surface area contributed by atoms with Gasteiger partial charge in [0.05, 0.1) is 21.7 Å². The molecule has 3 aromatic rings. The van der Waals surface area contributed by atoms with Crippen LogP contribution in [0.5, 0.6) is 0 Å². The van der Waals surface area contributed by atoms with Crippen molar-refractivity contribution in [3.63, 3.8) is 0 Å². The molecule has 1 N–H and O–H groups in total. The van der Waals surface area contributed by atoms with Crippen molar-refractivity contribution >= 4 is 66.8 Å². The zero-order chi connectivity index (χ0) is 18.0. The number of benzene rings is 1. The van der Waals surface area contributed by atoms with Crippen molar-refractivity contribution in [1.82, 2.24) is 19.6 Å². The van der Waals surface area contributed by atoms with Gasteiger partial charge in [-0.3, -0.25) is 14.2 Å². The SMILES string of the molecule is O=C(Cn1cc(Br)cn1)Nc1nn(Cc2ccc(Cl)cc2Cl)cc1Br. The first kappa shape index (κ1) is 18.4. The Hall–Kier alpha value is -1.35. The highest BCUT2D eigenvalue weighted by atomic mass is 79.9. The minimum Gasteiger partial charge on any atom is -0.307 e. The molecule has 3 rings (SSSR count). The van der Waals surface area contributed by atoms with Gasteiger partial charge in [0.25, 0.3) is 0 Å². The highest BCUT2D eigenvalue weighted by molar-refractivity contribution is 9.10. The van der Waals surface area contributed by atoms with Crippen LogP contribution in [0.15, 0.2) is 45.7 Å². The summed E-state index contributed by atoms with van der Waals surface area (Å²) in [6.07, 6.45) is 5.11. The van der Waals surface area contributed by atoms with Gasteiger partial charge < -0.3 is 5.32 Å². The number of anilines is 1. The minimum absolute atomic E-state index is 0.0912. The van der Waals surface area contributed by atoms with Crippen LogP contribution in [0.2, 0.25) is 10.0 Å². The smallest absolute Gasteiger partial charge is 0.247 e. The molecule has 0 aliphatic rings. The molecule has 0 aliphatic carbocycles. The molecule has 0 unspecified atom stereocenters. The van der Waals surface area contributed by atoms with Crippen molar-refractivity contribution in [3.8, 4) is 0 Å². The van der Waals surface area contributed by atoms with Crippen LogP contribution in [0.25, 0.3) is 0 Å². The van der Waals surface area contributed by atoms with E-state index < -0.39 is 0 Å². The second kappa shape index (κ2) is 7.90. The Kier molecular flexibility index (Phi) is 5.83. The quantitative estimate of drug-likeness (QED) is 0.549. The van der Waals surface area contributed by atoms with E-state index in [4.69, 9.17) is 23.2 Å². The first-order valence-corrected chi connectivity index (χ1v) is 9.39. The van der Waals surface area contributed by atoms with Crippen LogP contribution >= 0.6 is 55.1 Å². The predicted molar refractivity (Wildman–Crippen MR) is 104 cm³/mol. The van der Waals surface area contributed by atoms with Crippen molar-refractivity contribution in [2.75, 3.05) is 5.32 Å². The number of nitrogens with one attached hydrogen (secondary N) is 1. The van der Waals surface area contributed by atoms with Gasteiger partial charge in [0, 0.05) is 22.4 Å². The second-order valence-electron chi connectivity index (χ2n) is 5.16. The third-order valence-corrected chi connectivity index (χ3v) is 4.81. The van der Waals surface area contributed by atoms with E-state index in [1.54, 1.807) is 35.4 Å². The molecule has 0 radical (unpaired) electrons. The molecule has 0 atom stereocenters. The molecule has 10 heteroatoms. The summed E-state index contributed by atoms with van der Waals surface area (Å²) in [5.74, 6) is 0.201. The van der Waals surface area contributed by atoms with Gasteiger partial charge in [-0.2, -0.15) is 10.2 Å². The van der Waals surface area contributed by atoms with Crippen LogP contribution in [0, 0.1) is 0 Å². The number of nitrogens with zero attached hydrogens (tertiary/aromatic N) is 4. The van der Waals surface area contributed by atoms with E-state index in [0.29, 0.717) is 26.9 Å². The zero-order valence-corrected chi connectivity index (χ0v) is 17.3. The average molecular weight is 508 g/mol. The summed E-state index contributed by atoms with van der Waals surface area (Å²) in [6.45, 7) is 0.546. The van der Waals surface area contributed by atoms with Crippen LogP contribution in [-0.4, -0.2) is 25.5 Å². The summed E-state index contributed by atoms with van der Waals surface area (Å²) in [4.78, 5) is 12.1. The number of amides is 1.